The van der Waals surface area contributed by atoms with Crippen LogP contribution in [-0.4, -0.2) is 26.1 Å². The maximum atomic E-state index is 5.48. The van der Waals surface area contributed by atoms with E-state index in [0.29, 0.717) is 6.54 Å². The van der Waals surface area contributed by atoms with Gasteiger partial charge in [0.25, 0.3) is 0 Å². The molecule has 0 atom stereocenters. The topological polar surface area (TPSA) is 61.7 Å². The number of hydrogen-bond acceptors (Lipinski definition) is 3. The van der Waals surface area contributed by atoms with Gasteiger partial charge in [0.05, 0.1) is 18.9 Å². The van der Waals surface area contributed by atoms with E-state index in [9.17, 15) is 0 Å². The van der Waals surface area contributed by atoms with Crippen molar-refractivity contribution in [3.63, 3.8) is 0 Å². The quantitative estimate of drug-likeness (QED) is 0.773. The lowest BCUT2D eigenvalue weighted by molar-refractivity contribution is 0.684. The van der Waals surface area contributed by atoms with Gasteiger partial charge in [-0.15, -0.1) is 0 Å². The third-order valence-corrected chi connectivity index (χ3v) is 2.22. The Morgan fingerprint density at radius 2 is 2.00 bits per heavy atom. The second kappa shape index (κ2) is 4.27. The lowest BCUT2D eigenvalue weighted by atomic mass is 10.3. The first-order chi connectivity index (χ1) is 7.28. The van der Waals surface area contributed by atoms with Crippen molar-refractivity contribution < 1.29 is 0 Å². The van der Waals surface area contributed by atoms with Crippen LogP contribution in [-0.2, 0) is 20.0 Å². The van der Waals surface area contributed by atoms with Crippen LogP contribution in [0.4, 0.5) is 0 Å². The van der Waals surface area contributed by atoms with Gasteiger partial charge in [-0.3, -0.25) is 9.36 Å². The molecule has 0 aromatic carbocycles. The second-order valence-electron chi connectivity index (χ2n) is 3.61. The van der Waals surface area contributed by atoms with Crippen molar-refractivity contribution >= 4 is 0 Å². The Hall–Kier alpha value is -1.62. The van der Waals surface area contributed by atoms with Crippen LogP contribution in [0.15, 0.2) is 24.8 Å². The molecule has 15 heavy (non-hydrogen) atoms. The van der Waals surface area contributed by atoms with Crippen molar-refractivity contribution in [1.29, 1.82) is 0 Å². The zero-order chi connectivity index (χ0) is 10.7. The highest BCUT2D eigenvalue weighted by molar-refractivity contribution is 5.08. The van der Waals surface area contributed by atoms with Crippen molar-refractivity contribution in [2.45, 2.75) is 13.0 Å². The van der Waals surface area contributed by atoms with E-state index in [1.54, 1.807) is 4.68 Å². The molecule has 0 aliphatic heterocycles. The first-order valence-electron chi connectivity index (χ1n) is 4.97. The minimum absolute atomic E-state index is 0.665. The number of aromatic nitrogens is 4. The van der Waals surface area contributed by atoms with E-state index in [1.807, 2.05) is 36.5 Å². The summed E-state index contributed by atoms with van der Waals surface area (Å²) in [5.74, 6) is 0. The van der Waals surface area contributed by atoms with Gasteiger partial charge in [-0.25, -0.2) is 0 Å². The van der Waals surface area contributed by atoms with E-state index < -0.39 is 0 Å². The van der Waals surface area contributed by atoms with E-state index in [2.05, 4.69) is 10.2 Å². The normalized spacial score (nSPS) is 10.8. The number of nitrogens with zero attached hydrogens (tertiary/aromatic N) is 4. The SMILES string of the molecule is Cn1cc(Cn2cc(CCN)cn2)cn1. The molecule has 0 spiro atoms. The highest BCUT2D eigenvalue weighted by Gasteiger charge is 2.00. The van der Waals surface area contributed by atoms with Crippen LogP contribution >= 0.6 is 0 Å². The molecule has 0 fully saturated rings. The van der Waals surface area contributed by atoms with Crippen LogP contribution in [0.1, 0.15) is 11.1 Å². The van der Waals surface area contributed by atoms with Gasteiger partial charge in [0.1, 0.15) is 0 Å². The highest BCUT2D eigenvalue weighted by Crippen LogP contribution is 2.03. The molecular formula is C10H15N5. The van der Waals surface area contributed by atoms with Crippen molar-refractivity contribution in [2.75, 3.05) is 6.54 Å². The maximum Gasteiger partial charge on any atom is 0.0690 e. The van der Waals surface area contributed by atoms with Gasteiger partial charge < -0.3 is 5.73 Å². The van der Waals surface area contributed by atoms with Gasteiger partial charge in [0.2, 0.25) is 0 Å². The molecule has 2 N–H and O–H groups in total. The Bertz CT molecular complexity index is 428. The first-order valence-corrected chi connectivity index (χ1v) is 4.97. The summed E-state index contributed by atoms with van der Waals surface area (Å²) in [6.45, 7) is 1.43. The molecule has 0 unspecified atom stereocenters. The van der Waals surface area contributed by atoms with Gasteiger partial charge in [-0.2, -0.15) is 10.2 Å². The fraction of sp³-hybridized carbons (Fsp3) is 0.400. The Morgan fingerprint density at radius 3 is 2.67 bits per heavy atom. The summed E-state index contributed by atoms with van der Waals surface area (Å²) >= 11 is 0. The monoisotopic (exact) mass is 205 g/mol. The van der Waals surface area contributed by atoms with Crippen LogP contribution < -0.4 is 5.73 Å². The molecule has 80 valence electrons. The van der Waals surface area contributed by atoms with Gasteiger partial charge >= 0.3 is 0 Å². The molecule has 5 nitrogen and oxygen atoms in total. The average molecular weight is 205 g/mol. The van der Waals surface area contributed by atoms with Gasteiger partial charge in [0.15, 0.2) is 0 Å². The minimum atomic E-state index is 0.665. The fourth-order valence-electron chi connectivity index (χ4n) is 1.53. The summed E-state index contributed by atoms with van der Waals surface area (Å²) in [5.41, 5.74) is 7.81. The van der Waals surface area contributed by atoms with Crippen LogP contribution in [0.5, 0.6) is 0 Å². The molecule has 5 heteroatoms. The zero-order valence-corrected chi connectivity index (χ0v) is 8.80. The standard InChI is InChI=1S/C10H15N5/c1-14-6-10(5-12-14)8-15-7-9(2-3-11)4-13-15/h4-7H,2-3,8,11H2,1H3. The maximum absolute atomic E-state index is 5.48. The Kier molecular flexibility index (Phi) is 2.82. The Balaban J connectivity index is 2.04. The van der Waals surface area contributed by atoms with Crippen LogP contribution in [0.2, 0.25) is 0 Å². The average Bonchev–Trinajstić information content (AvgIpc) is 2.78. The molecule has 0 saturated carbocycles. The highest BCUT2D eigenvalue weighted by atomic mass is 15.3. The van der Waals surface area contributed by atoms with Crippen LogP contribution in [0.25, 0.3) is 0 Å². The number of hydrogen-bond donors (Lipinski definition) is 1. The molecule has 2 heterocycles. The molecule has 2 aromatic rings. The third-order valence-electron chi connectivity index (χ3n) is 2.22. The van der Waals surface area contributed by atoms with E-state index in [1.165, 1.54) is 5.56 Å². The largest absolute Gasteiger partial charge is 0.330 e. The summed E-state index contributed by atoms with van der Waals surface area (Å²) in [4.78, 5) is 0. The van der Waals surface area contributed by atoms with E-state index in [4.69, 9.17) is 5.73 Å². The van der Waals surface area contributed by atoms with Crippen molar-refractivity contribution in [3.8, 4) is 0 Å². The summed E-state index contributed by atoms with van der Waals surface area (Å²) < 4.78 is 3.70. The fourth-order valence-corrected chi connectivity index (χ4v) is 1.53. The van der Waals surface area contributed by atoms with E-state index in [-0.39, 0.29) is 0 Å². The summed E-state index contributed by atoms with van der Waals surface area (Å²) in [5, 5.41) is 8.37. The molecule has 0 saturated heterocycles. The lowest BCUT2D eigenvalue weighted by Gasteiger charge is -1.96. The molecule has 2 aromatic heterocycles. The summed E-state index contributed by atoms with van der Waals surface area (Å²) in [6.07, 6.45) is 8.62. The molecule has 0 radical (unpaired) electrons. The smallest absolute Gasteiger partial charge is 0.0690 e. The second-order valence-corrected chi connectivity index (χ2v) is 3.61. The van der Waals surface area contributed by atoms with Crippen LogP contribution in [0, 0.1) is 0 Å². The lowest BCUT2D eigenvalue weighted by Crippen LogP contribution is -2.02. The van der Waals surface area contributed by atoms with E-state index >= 15 is 0 Å². The van der Waals surface area contributed by atoms with Gasteiger partial charge in [0, 0.05) is 25.0 Å². The van der Waals surface area contributed by atoms with Crippen molar-refractivity contribution in [3.05, 3.63) is 35.9 Å². The van der Waals surface area contributed by atoms with Gasteiger partial charge in [-0.1, -0.05) is 0 Å². The molecule has 0 bridgehead atoms. The predicted octanol–water partition coefficient (Wildman–Crippen LogP) is 0.166. The predicted molar refractivity (Wildman–Crippen MR) is 57.3 cm³/mol. The van der Waals surface area contributed by atoms with Gasteiger partial charge in [-0.05, 0) is 18.5 Å². The summed E-state index contributed by atoms with van der Waals surface area (Å²) in [7, 11) is 1.91. The molecule has 0 aliphatic rings. The van der Waals surface area contributed by atoms with E-state index in [0.717, 1.165) is 18.5 Å². The Morgan fingerprint density at radius 1 is 1.20 bits per heavy atom. The minimum Gasteiger partial charge on any atom is -0.330 e. The Labute approximate surface area is 88.5 Å². The molecular weight excluding hydrogens is 190 g/mol. The number of nitrogens with two attached hydrogens (primary N) is 1. The van der Waals surface area contributed by atoms with Crippen molar-refractivity contribution in [2.24, 2.45) is 12.8 Å². The van der Waals surface area contributed by atoms with Crippen molar-refractivity contribution in [1.82, 2.24) is 19.6 Å². The zero-order valence-electron chi connectivity index (χ0n) is 8.80. The molecule has 2 rings (SSSR count). The molecule has 0 amide bonds. The number of aryl methyl sites for hydroxylation is 1. The van der Waals surface area contributed by atoms with Crippen LogP contribution in [0.3, 0.4) is 0 Å². The molecule has 0 aliphatic carbocycles. The summed E-state index contributed by atoms with van der Waals surface area (Å²) in [6, 6.07) is 0. The first kappa shape index (κ1) is 9.92. The number of rotatable bonds is 4. The third kappa shape index (κ3) is 2.44.